The molecule has 0 aliphatic carbocycles. The van der Waals surface area contributed by atoms with E-state index >= 15 is 0 Å². The van der Waals surface area contributed by atoms with Gasteiger partial charge in [0.2, 0.25) is 0 Å². The van der Waals surface area contributed by atoms with Gasteiger partial charge in [0, 0.05) is 25.5 Å². The van der Waals surface area contributed by atoms with Crippen molar-refractivity contribution in [2.24, 2.45) is 0 Å². The molecule has 0 spiro atoms. The molecule has 3 aromatic rings. The Morgan fingerprint density at radius 3 is 2.25 bits per heavy atom. The van der Waals surface area contributed by atoms with Gasteiger partial charge in [-0.25, -0.2) is 13.7 Å². The lowest BCUT2D eigenvalue weighted by molar-refractivity contribution is -0.120. The Kier molecular flexibility index (Phi) is 6.07. The zero-order chi connectivity index (χ0) is 22.7. The van der Waals surface area contributed by atoms with Gasteiger partial charge < -0.3 is 4.90 Å². The number of rotatable bonds is 7. The average Bonchev–Trinajstić information content (AvgIpc) is 3.06. The maximum absolute atomic E-state index is 14.5. The highest BCUT2D eigenvalue weighted by atomic mass is 19.1. The van der Waals surface area contributed by atoms with Crippen LogP contribution in [0.1, 0.15) is 18.1 Å². The third-order valence-electron chi connectivity index (χ3n) is 5.40. The first-order chi connectivity index (χ1) is 15.5. The summed E-state index contributed by atoms with van der Waals surface area (Å²) in [5.74, 6) is -2.36. The summed E-state index contributed by atoms with van der Waals surface area (Å²) in [4.78, 5) is 33.6. The quantitative estimate of drug-likeness (QED) is 0.524. The van der Waals surface area contributed by atoms with Gasteiger partial charge in [0.15, 0.2) is 0 Å². The van der Waals surface area contributed by atoms with Gasteiger partial charge in [-0.2, -0.15) is 0 Å². The van der Waals surface area contributed by atoms with Crippen LogP contribution < -0.4 is 4.90 Å². The Labute approximate surface area is 184 Å². The predicted molar refractivity (Wildman–Crippen MR) is 117 cm³/mol. The molecule has 2 heterocycles. The van der Waals surface area contributed by atoms with E-state index in [0.29, 0.717) is 25.1 Å². The smallest absolute Gasteiger partial charge is 0.282 e. The van der Waals surface area contributed by atoms with Crippen LogP contribution in [0.5, 0.6) is 0 Å². The number of likely N-dealkylation sites (N-methyl/N-ethyl adjacent to an activating group) is 1. The second-order valence-electron chi connectivity index (χ2n) is 7.31. The third-order valence-corrected chi connectivity index (χ3v) is 5.40. The number of aromatic nitrogens is 1. The van der Waals surface area contributed by atoms with E-state index in [9.17, 15) is 18.4 Å². The second kappa shape index (κ2) is 9.09. The Bertz CT molecular complexity index is 1180. The van der Waals surface area contributed by atoms with E-state index in [0.717, 1.165) is 10.5 Å². The molecular weight excluding hydrogens is 412 g/mol. The molecular formula is C25H21F2N3O2. The molecule has 162 valence electrons. The summed E-state index contributed by atoms with van der Waals surface area (Å²) in [5, 5.41) is 0. The molecule has 0 radical (unpaired) electrons. The molecule has 0 bridgehead atoms. The molecule has 0 fully saturated rings. The Hall–Kier alpha value is -3.87. The van der Waals surface area contributed by atoms with E-state index in [2.05, 4.69) is 4.98 Å². The van der Waals surface area contributed by atoms with Gasteiger partial charge in [-0.15, -0.1) is 0 Å². The third kappa shape index (κ3) is 4.01. The van der Waals surface area contributed by atoms with Gasteiger partial charge in [-0.05, 0) is 60.9 Å². The maximum atomic E-state index is 14.5. The summed E-state index contributed by atoms with van der Waals surface area (Å²) in [6.45, 7) is 2.80. The predicted octanol–water partition coefficient (Wildman–Crippen LogP) is 4.21. The molecule has 2 amide bonds. The van der Waals surface area contributed by atoms with Crippen molar-refractivity contribution < 1.29 is 18.4 Å². The molecule has 5 nitrogen and oxygen atoms in total. The van der Waals surface area contributed by atoms with E-state index in [1.165, 1.54) is 42.5 Å². The largest absolute Gasteiger partial charge is 0.366 e. The lowest BCUT2D eigenvalue weighted by Crippen LogP contribution is -2.36. The molecule has 1 aromatic heterocycles. The lowest BCUT2D eigenvalue weighted by atomic mass is 10.0. The number of anilines is 1. The number of hydrogen-bond donors (Lipinski definition) is 0. The monoisotopic (exact) mass is 433 g/mol. The van der Waals surface area contributed by atoms with Crippen LogP contribution in [0.3, 0.4) is 0 Å². The fraction of sp³-hybridized carbons (Fsp3) is 0.160. The van der Waals surface area contributed by atoms with Crippen LogP contribution in [-0.4, -0.2) is 34.8 Å². The second-order valence-corrected chi connectivity index (χ2v) is 7.31. The first-order valence-electron chi connectivity index (χ1n) is 10.3. The number of benzene rings is 2. The fourth-order valence-electron chi connectivity index (χ4n) is 3.78. The number of imide groups is 1. The summed E-state index contributed by atoms with van der Waals surface area (Å²) in [7, 11) is 0. The Morgan fingerprint density at radius 1 is 0.906 bits per heavy atom. The van der Waals surface area contributed by atoms with Gasteiger partial charge in [-0.1, -0.05) is 24.3 Å². The molecule has 7 heteroatoms. The van der Waals surface area contributed by atoms with Gasteiger partial charge in [-0.3, -0.25) is 14.6 Å². The van der Waals surface area contributed by atoms with E-state index in [1.807, 2.05) is 19.1 Å². The van der Waals surface area contributed by atoms with Crippen molar-refractivity contribution in [3.63, 3.8) is 0 Å². The average molecular weight is 433 g/mol. The van der Waals surface area contributed by atoms with E-state index < -0.39 is 23.4 Å². The number of amides is 2. The Balaban J connectivity index is 1.77. The fourth-order valence-corrected chi connectivity index (χ4v) is 3.78. The van der Waals surface area contributed by atoms with Gasteiger partial charge >= 0.3 is 0 Å². The van der Waals surface area contributed by atoms with Crippen LogP contribution in [-0.2, 0) is 16.0 Å². The lowest BCUT2D eigenvalue weighted by Gasteiger charge is -2.25. The number of para-hydroxylation sites is 1. The summed E-state index contributed by atoms with van der Waals surface area (Å²) in [5.41, 5.74) is 1.64. The van der Waals surface area contributed by atoms with Crippen molar-refractivity contribution in [2.75, 3.05) is 18.0 Å². The van der Waals surface area contributed by atoms with Crippen LogP contribution in [0.2, 0.25) is 0 Å². The number of hydrogen-bond acceptors (Lipinski definition) is 4. The molecule has 1 aliphatic rings. The molecule has 0 saturated heterocycles. The van der Waals surface area contributed by atoms with Crippen molar-refractivity contribution in [3.05, 3.63) is 102 Å². The number of pyridine rings is 1. The summed E-state index contributed by atoms with van der Waals surface area (Å²) in [6, 6.07) is 14.8. The van der Waals surface area contributed by atoms with Crippen LogP contribution >= 0.6 is 0 Å². The van der Waals surface area contributed by atoms with Crippen LogP contribution in [0, 0.1) is 11.6 Å². The standard InChI is InChI=1S/C25H21F2N3O2/c1-2-29(16-13-17-11-14-28-15-12-17)23-22(18-7-9-19(26)10-8-18)24(31)30(25(23)32)21-6-4-3-5-20(21)27/h3-12,14-15H,2,13,16H2,1H3. The molecule has 0 atom stereocenters. The first kappa shape index (κ1) is 21.4. The minimum atomic E-state index is -0.672. The first-order valence-corrected chi connectivity index (χ1v) is 10.3. The summed E-state index contributed by atoms with van der Waals surface area (Å²) < 4.78 is 28.0. The summed E-state index contributed by atoms with van der Waals surface area (Å²) >= 11 is 0. The molecule has 2 aromatic carbocycles. The zero-order valence-corrected chi connectivity index (χ0v) is 17.5. The van der Waals surface area contributed by atoms with Crippen molar-refractivity contribution in [1.29, 1.82) is 0 Å². The summed E-state index contributed by atoms with van der Waals surface area (Å²) in [6.07, 6.45) is 4.01. The molecule has 32 heavy (non-hydrogen) atoms. The Morgan fingerprint density at radius 2 is 1.59 bits per heavy atom. The number of carbonyl (C=O) groups is 2. The molecule has 0 saturated carbocycles. The zero-order valence-electron chi connectivity index (χ0n) is 17.5. The SMILES string of the molecule is CCN(CCc1ccncc1)C1=C(c2ccc(F)cc2)C(=O)N(c2ccccc2F)C1=O. The number of carbonyl (C=O) groups excluding carboxylic acids is 2. The van der Waals surface area contributed by atoms with E-state index in [4.69, 9.17) is 0 Å². The molecule has 0 N–H and O–H groups in total. The highest BCUT2D eigenvalue weighted by molar-refractivity contribution is 6.45. The highest BCUT2D eigenvalue weighted by Crippen LogP contribution is 2.35. The van der Waals surface area contributed by atoms with Crippen LogP contribution in [0.4, 0.5) is 14.5 Å². The van der Waals surface area contributed by atoms with Gasteiger partial charge in [0.25, 0.3) is 11.8 Å². The van der Waals surface area contributed by atoms with Crippen LogP contribution in [0.25, 0.3) is 5.57 Å². The molecule has 0 unspecified atom stereocenters. The van der Waals surface area contributed by atoms with Crippen molar-refractivity contribution in [1.82, 2.24) is 9.88 Å². The van der Waals surface area contributed by atoms with Crippen molar-refractivity contribution in [3.8, 4) is 0 Å². The highest BCUT2D eigenvalue weighted by Gasteiger charge is 2.43. The normalized spacial score (nSPS) is 13.8. The maximum Gasteiger partial charge on any atom is 0.282 e. The van der Waals surface area contributed by atoms with Crippen molar-refractivity contribution in [2.45, 2.75) is 13.3 Å². The topological polar surface area (TPSA) is 53.5 Å². The van der Waals surface area contributed by atoms with Crippen LogP contribution in [0.15, 0.2) is 78.8 Å². The molecule has 1 aliphatic heterocycles. The van der Waals surface area contributed by atoms with Crippen molar-refractivity contribution >= 4 is 23.1 Å². The van der Waals surface area contributed by atoms with E-state index in [-0.39, 0.29) is 17.0 Å². The van der Waals surface area contributed by atoms with E-state index in [1.54, 1.807) is 23.4 Å². The van der Waals surface area contributed by atoms with Gasteiger partial charge in [0.05, 0.1) is 11.3 Å². The number of halogens is 2. The molecule has 4 rings (SSSR count). The minimum Gasteiger partial charge on any atom is -0.366 e. The van der Waals surface area contributed by atoms with Gasteiger partial charge in [0.1, 0.15) is 17.3 Å². The number of nitrogens with zero attached hydrogens (tertiary/aromatic N) is 3. The minimum absolute atomic E-state index is 0.109.